The minimum absolute atomic E-state index is 0.0157. The molecule has 0 N–H and O–H groups in total. The molecule has 0 radical (unpaired) electrons. The minimum atomic E-state index is -0.222. The summed E-state index contributed by atoms with van der Waals surface area (Å²) in [6.07, 6.45) is 7.15. The van der Waals surface area contributed by atoms with E-state index in [0.29, 0.717) is 11.6 Å². The molecule has 0 saturated heterocycles. The molecule has 1 aromatic heterocycles. The molecule has 2 saturated carbocycles. The Kier molecular flexibility index (Phi) is 4.86. The predicted molar refractivity (Wildman–Crippen MR) is 112 cm³/mol. The highest BCUT2D eigenvalue weighted by molar-refractivity contribution is 6.31. The standard InChI is InChI=1S/C23H26ClN3O2/c24-19-8-2-1-7-18(19)22-20-9-4-12-25(20)13-14-26(22)21(28)15-27(17-10-11-17)23(29)16-5-3-6-16/h1-2,4,7-9,12,16-17,22H,3,5-6,10-11,13-15H2. The van der Waals surface area contributed by atoms with Crippen molar-refractivity contribution >= 4 is 23.4 Å². The third kappa shape index (κ3) is 3.46. The van der Waals surface area contributed by atoms with Crippen molar-refractivity contribution in [3.8, 4) is 0 Å². The second-order valence-corrected chi connectivity index (χ2v) is 8.87. The van der Waals surface area contributed by atoms with Crippen LogP contribution in [0.25, 0.3) is 0 Å². The third-order valence-electron chi connectivity index (χ3n) is 6.59. The number of benzene rings is 1. The smallest absolute Gasteiger partial charge is 0.243 e. The summed E-state index contributed by atoms with van der Waals surface area (Å²) in [7, 11) is 0. The van der Waals surface area contributed by atoms with Crippen LogP contribution < -0.4 is 0 Å². The van der Waals surface area contributed by atoms with Gasteiger partial charge in [0.2, 0.25) is 11.8 Å². The molecule has 1 unspecified atom stereocenters. The summed E-state index contributed by atoms with van der Waals surface area (Å²) in [6.45, 7) is 1.56. The van der Waals surface area contributed by atoms with E-state index < -0.39 is 0 Å². The first kappa shape index (κ1) is 18.7. The van der Waals surface area contributed by atoms with Crippen LogP contribution in [0.4, 0.5) is 0 Å². The summed E-state index contributed by atoms with van der Waals surface area (Å²) in [5.41, 5.74) is 2.01. The zero-order valence-electron chi connectivity index (χ0n) is 16.5. The second-order valence-electron chi connectivity index (χ2n) is 8.46. The Labute approximate surface area is 176 Å². The molecule has 6 heteroatoms. The molecule has 5 rings (SSSR count). The number of hydrogen-bond donors (Lipinski definition) is 0. The molecule has 2 heterocycles. The van der Waals surface area contributed by atoms with E-state index in [2.05, 4.69) is 16.8 Å². The van der Waals surface area contributed by atoms with E-state index in [-0.39, 0.29) is 36.4 Å². The fraction of sp³-hybridized carbons (Fsp3) is 0.478. The Bertz CT molecular complexity index is 932. The molecule has 0 bridgehead atoms. The molecule has 2 fully saturated rings. The number of carbonyl (C=O) groups is 2. The van der Waals surface area contributed by atoms with E-state index in [4.69, 9.17) is 11.6 Å². The van der Waals surface area contributed by atoms with Gasteiger partial charge >= 0.3 is 0 Å². The molecular weight excluding hydrogens is 386 g/mol. The first-order valence-corrected chi connectivity index (χ1v) is 11.0. The van der Waals surface area contributed by atoms with Gasteiger partial charge < -0.3 is 14.4 Å². The molecule has 152 valence electrons. The lowest BCUT2D eigenvalue weighted by Crippen LogP contribution is -2.50. The van der Waals surface area contributed by atoms with Gasteiger partial charge in [0.25, 0.3) is 0 Å². The normalized spacial score (nSPS) is 21.4. The molecular formula is C23H26ClN3O2. The number of aromatic nitrogens is 1. The average molecular weight is 412 g/mol. The van der Waals surface area contributed by atoms with Gasteiger partial charge in [-0.15, -0.1) is 0 Å². The van der Waals surface area contributed by atoms with Crippen molar-refractivity contribution in [1.82, 2.24) is 14.4 Å². The molecule has 1 aliphatic heterocycles. The maximum Gasteiger partial charge on any atom is 0.243 e. The monoisotopic (exact) mass is 411 g/mol. The quantitative estimate of drug-likeness (QED) is 0.749. The summed E-state index contributed by atoms with van der Waals surface area (Å²) in [6, 6.07) is 11.8. The van der Waals surface area contributed by atoms with Crippen LogP contribution >= 0.6 is 11.6 Å². The number of nitrogens with zero attached hydrogens (tertiary/aromatic N) is 3. The lowest BCUT2D eigenvalue weighted by Gasteiger charge is -2.39. The molecule has 2 aromatic rings. The highest BCUT2D eigenvalue weighted by atomic mass is 35.5. The van der Waals surface area contributed by atoms with Crippen LogP contribution in [0.3, 0.4) is 0 Å². The van der Waals surface area contributed by atoms with Crippen molar-refractivity contribution in [2.24, 2.45) is 5.92 Å². The van der Waals surface area contributed by atoms with Crippen molar-refractivity contribution in [2.75, 3.05) is 13.1 Å². The molecule has 1 atom stereocenters. The third-order valence-corrected chi connectivity index (χ3v) is 6.93. The highest BCUT2D eigenvalue weighted by Crippen LogP contribution is 2.37. The molecule has 2 amide bonds. The van der Waals surface area contributed by atoms with Gasteiger partial charge in [-0.05, 0) is 49.4 Å². The van der Waals surface area contributed by atoms with Crippen LogP contribution in [0.1, 0.15) is 49.4 Å². The Balaban J connectivity index is 1.43. The fourth-order valence-corrected chi connectivity index (χ4v) is 4.81. The Hall–Kier alpha value is -2.27. The van der Waals surface area contributed by atoms with Crippen LogP contribution in [0.5, 0.6) is 0 Å². The van der Waals surface area contributed by atoms with Crippen molar-refractivity contribution in [1.29, 1.82) is 0 Å². The SMILES string of the molecule is O=C(C1CCC1)N(CC(=O)N1CCn2cccc2C1c1ccccc1Cl)C1CC1. The summed E-state index contributed by atoms with van der Waals surface area (Å²) < 4.78 is 2.19. The lowest BCUT2D eigenvalue weighted by atomic mass is 9.84. The topological polar surface area (TPSA) is 45.6 Å². The van der Waals surface area contributed by atoms with Gasteiger partial charge in [0.05, 0.1) is 6.04 Å². The second kappa shape index (κ2) is 7.52. The maximum atomic E-state index is 13.5. The Morgan fingerprint density at radius 2 is 1.83 bits per heavy atom. The summed E-state index contributed by atoms with van der Waals surface area (Å²) in [5, 5.41) is 0.662. The van der Waals surface area contributed by atoms with Crippen LogP contribution in [-0.4, -0.2) is 45.3 Å². The summed E-state index contributed by atoms with van der Waals surface area (Å²) >= 11 is 6.53. The molecule has 3 aliphatic rings. The van der Waals surface area contributed by atoms with Crippen LogP contribution in [0.2, 0.25) is 5.02 Å². The van der Waals surface area contributed by atoms with Crippen molar-refractivity contribution in [3.05, 3.63) is 58.9 Å². The van der Waals surface area contributed by atoms with Gasteiger partial charge in [-0.2, -0.15) is 0 Å². The van der Waals surface area contributed by atoms with Crippen molar-refractivity contribution in [3.63, 3.8) is 0 Å². The van der Waals surface area contributed by atoms with E-state index in [1.54, 1.807) is 0 Å². The number of carbonyl (C=O) groups excluding carboxylic acids is 2. The van der Waals surface area contributed by atoms with Crippen molar-refractivity contribution in [2.45, 2.75) is 50.7 Å². The summed E-state index contributed by atoms with van der Waals surface area (Å²) in [4.78, 5) is 30.2. The molecule has 0 spiro atoms. The molecule has 29 heavy (non-hydrogen) atoms. The Morgan fingerprint density at radius 3 is 2.52 bits per heavy atom. The molecule has 1 aromatic carbocycles. The van der Waals surface area contributed by atoms with E-state index in [1.165, 1.54) is 0 Å². The van der Waals surface area contributed by atoms with Gasteiger partial charge in [0.1, 0.15) is 6.54 Å². The van der Waals surface area contributed by atoms with E-state index in [1.807, 2.05) is 40.1 Å². The largest absolute Gasteiger partial charge is 0.348 e. The van der Waals surface area contributed by atoms with Gasteiger partial charge in [-0.3, -0.25) is 9.59 Å². The van der Waals surface area contributed by atoms with Crippen molar-refractivity contribution < 1.29 is 9.59 Å². The minimum Gasteiger partial charge on any atom is -0.348 e. The van der Waals surface area contributed by atoms with E-state index in [0.717, 1.165) is 49.9 Å². The van der Waals surface area contributed by atoms with Gasteiger partial charge in [-0.1, -0.05) is 36.2 Å². The maximum absolute atomic E-state index is 13.5. The number of rotatable bonds is 5. The zero-order valence-corrected chi connectivity index (χ0v) is 17.2. The van der Waals surface area contributed by atoms with Gasteiger partial charge in [0, 0.05) is 42.0 Å². The molecule has 5 nitrogen and oxygen atoms in total. The lowest BCUT2D eigenvalue weighted by molar-refractivity contribution is -0.146. The number of fused-ring (bicyclic) bond motifs is 1. The summed E-state index contributed by atoms with van der Waals surface area (Å²) in [5.74, 6) is 0.324. The fourth-order valence-electron chi connectivity index (χ4n) is 4.58. The predicted octanol–water partition coefficient (Wildman–Crippen LogP) is 3.86. The first-order chi connectivity index (χ1) is 14.1. The first-order valence-electron chi connectivity index (χ1n) is 10.6. The van der Waals surface area contributed by atoms with E-state index in [9.17, 15) is 9.59 Å². The number of hydrogen-bond acceptors (Lipinski definition) is 2. The van der Waals surface area contributed by atoms with Gasteiger partial charge in [0.15, 0.2) is 0 Å². The zero-order chi connectivity index (χ0) is 20.0. The number of amides is 2. The van der Waals surface area contributed by atoms with E-state index >= 15 is 0 Å². The van der Waals surface area contributed by atoms with Crippen LogP contribution in [0.15, 0.2) is 42.6 Å². The van der Waals surface area contributed by atoms with Gasteiger partial charge in [-0.25, -0.2) is 0 Å². The van der Waals surface area contributed by atoms with Crippen LogP contribution in [-0.2, 0) is 16.1 Å². The average Bonchev–Trinajstić information content (AvgIpc) is 3.40. The highest BCUT2D eigenvalue weighted by Gasteiger charge is 2.41. The Morgan fingerprint density at radius 1 is 1.03 bits per heavy atom. The number of halogens is 1. The molecule has 2 aliphatic carbocycles. The van der Waals surface area contributed by atoms with Crippen LogP contribution in [0, 0.1) is 5.92 Å².